The van der Waals surface area contributed by atoms with Gasteiger partial charge in [0.2, 0.25) is 5.91 Å². The summed E-state index contributed by atoms with van der Waals surface area (Å²) in [5, 5.41) is 11.8. The van der Waals surface area contributed by atoms with Gasteiger partial charge in [-0.3, -0.25) is 9.69 Å². The molecule has 0 bridgehead atoms. The molecule has 0 aliphatic carbocycles. The van der Waals surface area contributed by atoms with Crippen LogP contribution in [0.15, 0.2) is 24.3 Å². The van der Waals surface area contributed by atoms with E-state index < -0.39 is 0 Å². The molecule has 19 heavy (non-hydrogen) atoms. The SMILES string of the molecule is CC(CO)NC(=O)C(C)N1CCc2ccccc2C1. The first-order valence-corrected chi connectivity index (χ1v) is 6.84. The lowest BCUT2D eigenvalue weighted by Crippen LogP contribution is -2.49. The van der Waals surface area contributed by atoms with Crippen molar-refractivity contribution in [3.05, 3.63) is 35.4 Å². The van der Waals surface area contributed by atoms with Crippen molar-refractivity contribution in [3.63, 3.8) is 0 Å². The second kappa shape index (κ2) is 6.17. The topological polar surface area (TPSA) is 52.6 Å². The van der Waals surface area contributed by atoms with Crippen LogP contribution in [-0.2, 0) is 17.8 Å². The highest BCUT2D eigenvalue weighted by Crippen LogP contribution is 2.20. The van der Waals surface area contributed by atoms with Gasteiger partial charge in [0.1, 0.15) is 0 Å². The van der Waals surface area contributed by atoms with Gasteiger partial charge in [0.05, 0.1) is 12.6 Å². The standard InChI is InChI=1S/C15H22N2O2/c1-11(10-18)16-15(19)12(2)17-8-7-13-5-3-4-6-14(13)9-17/h3-6,11-12,18H,7-10H2,1-2H3,(H,16,19). The van der Waals surface area contributed by atoms with E-state index in [9.17, 15) is 4.79 Å². The van der Waals surface area contributed by atoms with Crippen LogP contribution in [0.4, 0.5) is 0 Å². The Morgan fingerprint density at radius 2 is 2.05 bits per heavy atom. The molecule has 1 aliphatic rings. The minimum atomic E-state index is -0.188. The van der Waals surface area contributed by atoms with Crippen molar-refractivity contribution in [3.8, 4) is 0 Å². The van der Waals surface area contributed by atoms with Crippen molar-refractivity contribution in [2.45, 2.75) is 38.9 Å². The van der Waals surface area contributed by atoms with Crippen LogP contribution in [0, 0.1) is 0 Å². The number of carbonyl (C=O) groups excluding carboxylic acids is 1. The number of fused-ring (bicyclic) bond motifs is 1. The molecule has 1 heterocycles. The summed E-state index contributed by atoms with van der Waals surface area (Å²) in [6.07, 6.45) is 0.989. The molecule has 0 saturated carbocycles. The summed E-state index contributed by atoms with van der Waals surface area (Å²) in [5.74, 6) is -0.0130. The van der Waals surface area contributed by atoms with Crippen molar-refractivity contribution < 1.29 is 9.90 Å². The summed E-state index contributed by atoms with van der Waals surface area (Å²) in [4.78, 5) is 14.2. The molecule has 2 N–H and O–H groups in total. The van der Waals surface area contributed by atoms with Gasteiger partial charge in [-0.05, 0) is 31.4 Å². The van der Waals surface area contributed by atoms with E-state index in [1.165, 1.54) is 11.1 Å². The fraction of sp³-hybridized carbons (Fsp3) is 0.533. The number of nitrogens with one attached hydrogen (secondary N) is 1. The van der Waals surface area contributed by atoms with Crippen LogP contribution >= 0.6 is 0 Å². The van der Waals surface area contributed by atoms with Crippen LogP contribution in [0.2, 0.25) is 0 Å². The Balaban J connectivity index is 1.98. The summed E-state index contributed by atoms with van der Waals surface area (Å²) in [7, 11) is 0. The van der Waals surface area contributed by atoms with Crippen LogP contribution < -0.4 is 5.32 Å². The summed E-state index contributed by atoms with van der Waals surface area (Å²) >= 11 is 0. The van der Waals surface area contributed by atoms with E-state index >= 15 is 0 Å². The number of hydrogen-bond donors (Lipinski definition) is 2. The fourth-order valence-corrected chi connectivity index (χ4v) is 2.42. The van der Waals surface area contributed by atoms with Gasteiger partial charge in [-0.25, -0.2) is 0 Å². The first kappa shape index (κ1) is 14.0. The normalized spacial score (nSPS) is 18.5. The first-order valence-electron chi connectivity index (χ1n) is 6.84. The van der Waals surface area contributed by atoms with Crippen molar-refractivity contribution in [2.24, 2.45) is 0 Å². The number of carbonyl (C=O) groups is 1. The second-order valence-electron chi connectivity index (χ2n) is 5.26. The number of benzene rings is 1. The minimum absolute atomic E-state index is 0.0130. The highest BCUT2D eigenvalue weighted by Gasteiger charge is 2.25. The van der Waals surface area contributed by atoms with Gasteiger partial charge in [0.25, 0.3) is 0 Å². The Hall–Kier alpha value is -1.39. The lowest BCUT2D eigenvalue weighted by molar-refractivity contribution is -0.127. The predicted molar refractivity (Wildman–Crippen MR) is 74.7 cm³/mol. The maximum absolute atomic E-state index is 12.1. The van der Waals surface area contributed by atoms with Gasteiger partial charge < -0.3 is 10.4 Å². The Bertz CT molecular complexity index is 448. The molecule has 0 aromatic heterocycles. The first-order chi connectivity index (χ1) is 9.11. The Morgan fingerprint density at radius 3 is 2.74 bits per heavy atom. The molecule has 0 spiro atoms. The molecule has 0 saturated heterocycles. The zero-order valence-corrected chi connectivity index (χ0v) is 11.6. The maximum atomic E-state index is 12.1. The molecule has 0 radical (unpaired) electrons. The van der Waals surface area contributed by atoms with Crippen molar-refractivity contribution >= 4 is 5.91 Å². The Kier molecular flexibility index (Phi) is 4.56. The lowest BCUT2D eigenvalue weighted by atomic mass is 9.98. The quantitative estimate of drug-likeness (QED) is 0.849. The number of hydrogen-bond acceptors (Lipinski definition) is 3. The van der Waals surface area contributed by atoms with E-state index in [-0.39, 0.29) is 24.6 Å². The Labute approximate surface area is 114 Å². The monoisotopic (exact) mass is 262 g/mol. The molecular weight excluding hydrogens is 240 g/mol. The van der Waals surface area contributed by atoms with Crippen molar-refractivity contribution in [1.82, 2.24) is 10.2 Å². The van der Waals surface area contributed by atoms with Crippen molar-refractivity contribution in [1.29, 1.82) is 0 Å². The molecule has 1 aromatic carbocycles. The van der Waals surface area contributed by atoms with Crippen LogP contribution in [-0.4, -0.2) is 41.1 Å². The van der Waals surface area contributed by atoms with Gasteiger partial charge in [-0.15, -0.1) is 0 Å². The molecule has 1 amide bonds. The second-order valence-corrected chi connectivity index (χ2v) is 5.26. The molecule has 4 nitrogen and oxygen atoms in total. The van der Waals surface area contributed by atoms with E-state index in [4.69, 9.17) is 5.11 Å². The van der Waals surface area contributed by atoms with Gasteiger partial charge >= 0.3 is 0 Å². The number of nitrogens with zero attached hydrogens (tertiary/aromatic N) is 1. The largest absolute Gasteiger partial charge is 0.394 e. The number of rotatable bonds is 4. The summed E-state index contributed by atoms with van der Waals surface area (Å²) in [6.45, 7) is 5.42. The molecule has 104 valence electrons. The van der Waals surface area contributed by atoms with Gasteiger partial charge in [-0.2, -0.15) is 0 Å². The number of aliphatic hydroxyl groups excluding tert-OH is 1. The third kappa shape index (κ3) is 3.33. The predicted octanol–water partition coefficient (Wildman–Crippen LogP) is 0.930. The highest BCUT2D eigenvalue weighted by molar-refractivity contribution is 5.81. The lowest BCUT2D eigenvalue weighted by Gasteiger charge is -2.33. The van der Waals surface area contributed by atoms with Crippen LogP contribution in [0.1, 0.15) is 25.0 Å². The van der Waals surface area contributed by atoms with Gasteiger partial charge in [-0.1, -0.05) is 24.3 Å². The van der Waals surface area contributed by atoms with E-state index in [2.05, 4.69) is 28.4 Å². The minimum Gasteiger partial charge on any atom is -0.394 e. The molecule has 1 aromatic rings. The molecule has 1 aliphatic heterocycles. The van der Waals surface area contributed by atoms with Crippen molar-refractivity contribution in [2.75, 3.05) is 13.2 Å². The number of aliphatic hydroxyl groups is 1. The van der Waals surface area contributed by atoms with Crippen LogP contribution in [0.25, 0.3) is 0 Å². The van der Waals surface area contributed by atoms with Gasteiger partial charge in [0.15, 0.2) is 0 Å². The smallest absolute Gasteiger partial charge is 0.237 e. The fourth-order valence-electron chi connectivity index (χ4n) is 2.42. The van der Waals surface area contributed by atoms with Gasteiger partial charge in [0, 0.05) is 19.1 Å². The molecular formula is C15H22N2O2. The molecule has 0 fully saturated rings. The molecule has 2 rings (SSSR count). The van der Waals surface area contributed by atoms with E-state index in [1.54, 1.807) is 6.92 Å². The van der Waals surface area contributed by atoms with Crippen LogP contribution in [0.3, 0.4) is 0 Å². The third-order valence-corrected chi connectivity index (χ3v) is 3.75. The molecule has 2 atom stereocenters. The highest BCUT2D eigenvalue weighted by atomic mass is 16.3. The third-order valence-electron chi connectivity index (χ3n) is 3.75. The summed E-state index contributed by atoms with van der Waals surface area (Å²) in [5.41, 5.74) is 2.69. The summed E-state index contributed by atoms with van der Waals surface area (Å²) in [6, 6.07) is 8.04. The molecule has 2 unspecified atom stereocenters. The average molecular weight is 262 g/mol. The van der Waals surface area contributed by atoms with E-state index in [0.29, 0.717) is 0 Å². The Morgan fingerprint density at radius 1 is 1.37 bits per heavy atom. The number of amides is 1. The zero-order chi connectivity index (χ0) is 13.8. The zero-order valence-electron chi connectivity index (χ0n) is 11.6. The van der Waals surface area contributed by atoms with E-state index in [0.717, 1.165) is 19.5 Å². The summed E-state index contributed by atoms with van der Waals surface area (Å²) < 4.78 is 0. The molecule has 4 heteroatoms. The average Bonchev–Trinajstić information content (AvgIpc) is 2.45. The van der Waals surface area contributed by atoms with E-state index in [1.807, 2.05) is 13.0 Å². The maximum Gasteiger partial charge on any atom is 0.237 e. The van der Waals surface area contributed by atoms with Crippen LogP contribution in [0.5, 0.6) is 0 Å².